The highest BCUT2D eigenvalue weighted by Crippen LogP contribution is 2.35. The van der Waals surface area contributed by atoms with Crippen LogP contribution in [0.1, 0.15) is 55.6 Å². The molecule has 3 nitrogen and oxygen atoms in total. The first-order valence-electron chi connectivity index (χ1n) is 7.05. The van der Waals surface area contributed by atoms with Gasteiger partial charge in [-0.2, -0.15) is 0 Å². The quantitative estimate of drug-likeness (QED) is 0.761. The van der Waals surface area contributed by atoms with E-state index >= 15 is 0 Å². The van der Waals surface area contributed by atoms with Gasteiger partial charge in [0.15, 0.2) is 5.78 Å². The summed E-state index contributed by atoms with van der Waals surface area (Å²) in [6, 6.07) is 2.02. The van der Waals surface area contributed by atoms with Crippen LogP contribution in [0, 0.1) is 5.41 Å². The molecule has 0 saturated carbocycles. The lowest BCUT2D eigenvalue weighted by atomic mass is 9.76. The first-order valence-corrected chi connectivity index (χ1v) is 7.05. The van der Waals surface area contributed by atoms with E-state index in [-0.39, 0.29) is 5.41 Å². The van der Waals surface area contributed by atoms with E-state index in [0.717, 1.165) is 25.1 Å². The summed E-state index contributed by atoms with van der Waals surface area (Å²) in [6.07, 6.45) is 7.66. The second kappa shape index (κ2) is 4.15. The Morgan fingerprint density at radius 2 is 1.83 bits per heavy atom. The van der Waals surface area contributed by atoms with Crippen molar-refractivity contribution in [1.29, 1.82) is 0 Å². The van der Waals surface area contributed by atoms with Crippen molar-refractivity contribution in [2.24, 2.45) is 5.41 Å². The van der Waals surface area contributed by atoms with Gasteiger partial charge < -0.3 is 5.01 Å². The highest BCUT2D eigenvalue weighted by molar-refractivity contribution is 5.98. The van der Waals surface area contributed by atoms with Crippen LogP contribution >= 0.6 is 0 Å². The van der Waals surface area contributed by atoms with E-state index < -0.39 is 0 Å². The van der Waals surface area contributed by atoms with Crippen molar-refractivity contribution in [3.63, 3.8) is 0 Å². The van der Waals surface area contributed by atoms with E-state index in [1.54, 1.807) is 0 Å². The number of aromatic nitrogens is 1. The van der Waals surface area contributed by atoms with Crippen molar-refractivity contribution in [2.75, 3.05) is 18.1 Å². The number of carbonyl (C=O) groups excluding carboxylic acids is 1. The number of piperidine rings is 1. The number of fused-ring (bicyclic) bond motifs is 1. The molecule has 0 radical (unpaired) electrons. The van der Waals surface area contributed by atoms with Crippen LogP contribution < -0.4 is 5.01 Å². The van der Waals surface area contributed by atoms with Gasteiger partial charge in [-0.05, 0) is 37.2 Å². The SMILES string of the molecule is CC1(C)CC(=O)c2ccn(N3CCCCC3)c2C1. The predicted molar refractivity (Wildman–Crippen MR) is 72.7 cm³/mol. The van der Waals surface area contributed by atoms with Gasteiger partial charge in [-0.3, -0.25) is 9.47 Å². The first kappa shape index (κ1) is 11.8. The molecule has 98 valence electrons. The van der Waals surface area contributed by atoms with Crippen LogP contribution in [-0.4, -0.2) is 23.5 Å². The van der Waals surface area contributed by atoms with E-state index in [2.05, 4.69) is 29.7 Å². The van der Waals surface area contributed by atoms with Crippen LogP contribution in [0.25, 0.3) is 0 Å². The molecule has 18 heavy (non-hydrogen) atoms. The summed E-state index contributed by atoms with van der Waals surface area (Å²) in [5.74, 6) is 0.317. The molecule has 3 heteroatoms. The molecule has 2 aliphatic rings. The van der Waals surface area contributed by atoms with Gasteiger partial charge in [0.05, 0.1) is 5.69 Å². The number of rotatable bonds is 1. The minimum Gasteiger partial charge on any atom is -0.313 e. The zero-order valence-electron chi connectivity index (χ0n) is 11.4. The van der Waals surface area contributed by atoms with Gasteiger partial charge in [-0.25, -0.2) is 0 Å². The van der Waals surface area contributed by atoms with Crippen molar-refractivity contribution in [2.45, 2.75) is 46.0 Å². The van der Waals surface area contributed by atoms with E-state index in [9.17, 15) is 4.79 Å². The summed E-state index contributed by atoms with van der Waals surface area (Å²) in [6.45, 7) is 6.63. The minimum atomic E-state index is 0.107. The van der Waals surface area contributed by atoms with Crippen LogP contribution in [0.4, 0.5) is 0 Å². The fraction of sp³-hybridized carbons (Fsp3) is 0.667. The summed E-state index contributed by atoms with van der Waals surface area (Å²) in [4.78, 5) is 12.2. The van der Waals surface area contributed by atoms with Gasteiger partial charge in [0, 0.05) is 31.3 Å². The second-order valence-corrected chi connectivity index (χ2v) is 6.48. The molecule has 0 spiro atoms. The van der Waals surface area contributed by atoms with Gasteiger partial charge in [0.25, 0.3) is 0 Å². The molecule has 1 saturated heterocycles. The highest BCUT2D eigenvalue weighted by Gasteiger charge is 2.34. The maximum absolute atomic E-state index is 12.2. The molecule has 1 aliphatic carbocycles. The molecule has 2 heterocycles. The predicted octanol–water partition coefficient (Wildman–Crippen LogP) is 2.77. The van der Waals surface area contributed by atoms with E-state index in [1.165, 1.54) is 25.0 Å². The van der Waals surface area contributed by atoms with Gasteiger partial charge in [0.1, 0.15) is 0 Å². The van der Waals surface area contributed by atoms with Crippen molar-refractivity contribution < 1.29 is 4.79 Å². The summed E-state index contributed by atoms with van der Waals surface area (Å²) >= 11 is 0. The average Bonchev–Trinajstić information content (AvgIpc) is 2.72. The van der Waals surface area contributed by atoms with Crippen molar-refractivity contribution in [1.82, 2.24) is 4.68 Å². The standard InChI is InChI=1S/C15H22N2O/c1-15(2)10-13-12(14(18)11-15)6-9-17(13)16-7-4-3-5-8-16/h6,9H,3-5,7-8,10-11H2,1-2H3. The lowest BCUT2D eigenvalue weighted by Gasteiger charge is -2.35. The van der Waals surface area contributed by atoms with Crippen molar-refractivity contribution in [3.05, 3.63) is 23.5 Å². The zero-order valence-corrected chi connectivity index (χ0v) is 11.4. The van der Waals surface area contributed by atoms with Crippen molar-refractivity contribution in [3.8, 4) is 0 Å². The van der Waals surface area contributed by atoms with Crippen molar-refractivity contribution >= 4 is 5.78 Å². The molecule has 0 bridgehead atoms. The van der Waals surface area contributed by atoms with Crippen LogP contribution in [-0.2, 0) is 6.42 Å². The lowest BCUT2D eigenvalue weighted by Crippen LogP contribution is -2.41. The fourth-order valence-electron chi connectivity index (χ4n) is 3.29. The van der Waals surface area contributed by atoms with Crippen LogP contribution in [0.2, 0.25) is 0 Å². The maximum atomic E-state index is 12.2. The lowest BCUT2D eigenvalue weighted by molar-refractivity contribution is 0.0910. The number of Topliss-reactive ketones (excluding diaryl/α,β-unsaturated/α-hetero) is 1. The minimum absolute atomic E-state index is 0.107. The summed E-state index contributed by atoms with van der Waals surface area (Å²) < 4.78 is 2.26. The Kier molecular flexibility index (Phi) is 2.72. The van der Waals surface area contributed by atoms with E-state index in [4.69, 9.17) is 0 Å². The Bertz CT molecular complexity index is 467. The van der Waals surface area contributed by atoms with E-state index in [1.807, 2.05) is 6.07 Å². The Hall–Kier alpha value is -1.25. The first-order chi connectivity index (χ1) is 8.57. The maximum Gasteiger partial charge on any atom is 0.165 e. The Morgan fingerprint density at radius 3 is 2.56 bits per heavy atom. The summed E-state index contributed by atoms with van der Waals surface area (Å²) in [5.41, 5.74) is 2.30. The molecule has 1 aromatic rings. The largest absolute Gasteiger partial charge is 0.313 e. The highest BCUT2D eigenvalue weighted by atomic mass is 16.1. The van der Waals surface area contributed by atoms with Crippen LogP contribution in [0.15, 0.2) is 12.3 Å². The Morgan fingerprint density at radius 1 is 1.11 bits per heavy atom. The fourth-order valence-corrected chi connectivity index (χ4v) is 3.29. The molecule has 0 N–H and O–H groups in total. The Labute approximate surface area is 109 Å². The molecule has 1 fully saturated rings. The van der Waals surface area contributed by atoms with E-state index in [0.29, 0.717) is 12.2 Å². The molecule has 0 atom stereocenters. The normalized spacial score (nSPS) is 23.0. The zero-order chi connectivity index (χ0) is 12.8. The number of carbonyl (C=O) groups is 1. The number of nitrogens with zero attached hydrogens (tertiary/aromatic N) is 2. The van der Waals surface area contributed by atoms with Crippen LogP contribution in [0.5, 0.6) is 0 Å². The molecular formula is C15H22N2O. The van der Waals surface area contributed by atoms with Gasteiger partial charge in [0.2, 0.25) is 0 Å². The molecule has 0 unspecified atom stereocenters. The average molecular weight is 246 g/mol. The molecular weight excluding hydrogens is 224 g/mol. The third-order valence-corrected chi connectivity index (χ3v) is 4.19. The number of ketones is 1. The summed E-state index contributed by atoms with van der Waals surface area (Å²) in [7, 11) is 0. The Balaban J connectivity index is 1.96. The third-order valence-electron chi connectivity index (χ3n) is 4.19. The van der Waals surface area contributed by atoms with Gasteiger partial charge in [-0.15, -0.1) is 0 Å². The van der Waals surface area contributed by atoms with Gasteiger partial charge >= 0.3 is 0 Å². The number of hydrogen-bond acceptors (Lipinski definition) is 2. The monoisotopic (exact) mass is 246 g/mol. The smallest absolute Gasteiger partial charge is 0.165 e. The molecule has 3 rings (SSSR count). The molecule has 0 amide bonds. The number of hydrogen-bond donors (Lipinski definition) is 0. The molecule has 0 aromatic carbocycles. The van der Waals surface area contributed by atoms with Gasteiger partial charge in [-0.1, -0.05) is 13.8 Å². The van der Waals surface area contributed by atoms with Crippen LogP contribution in [0.3, 0.4) is 0 Å². The molecule has 1 aromatic heterocycles. The summed E-state index contributed by atoms with van der Waals surface area (Å²) in [5, 5.41) is 2.40. The molecule has 1 aliphatic heterocycles. The topological polar surface area (TPSA) is 25.2 Å². The second-order valence-electron chi connectivity index (χ2n) is 6.48. The third kappa shape index (κ3) is 1.96.